The van der Waals surface area contributed by atoms with E-state index in [0.717, 1.165) is 23.1 Å². The molecule has 0 aliphatic heterocycles. The van der Waals surface area contributed by atoms with Crippen LogP contribution in [0.25, 0.3) is 10.9 Å². The maximum atomic E-state index is 10.8. The van der Waals surface area contributed by atoms with Gasteiger partial charge in [-0.25, -0.2) is 4.98 Å². The van der Waals surface area contributed by atoms with Crippen molar-refractivity contribution < 1.29 is 9.53 Å². The predicted molar refractivity (Wildman–Crippen MR) is 72.2 cm³/mol. The van der Waals surface area contributed by atoms with Crippen LogP contribution in [0.3, 0.4) is 0 Å². The first kappa shape index (κ1) is 12.8. The summed E-state index contributed by atoms with van der Waals surface area (Å²) >= 11 is 5.82. The van der Waals surface area contributed by atoms with Gasteiger partial charge in [0.2, 0.25) is 0 Å². The van der Waals surface area contributed by atoms with Crippen LogP contribution in [-0.2, 0) is 4.79 Å². The van der Waals surface area contributed by atoms with Crippen LogP contribution in [0.1, 0.15) is 19.8 Å². The van der Waals surface area contributed by atoms with E-state index in [4.69, 9.17) is 16.3 Å². The van der Waals surface area contributed by atoms with Gasteiger partial charge in [0.15, 0.2) is 0 Å². The molecule has 4 heteroatoms. The average molecular weight is 264 g/mol. The minimum atomic E-state index is 0.191. The summed E-state index contributed by atoms with van der Waals surface area (Å²) in [4.78, 5) is 15.0. The number of carbonyl (C=O) groups excluding carboxylic acids is 1. The number of ketones is 1. The summed E-state index contributed by atoms with van der Waals surface area (Å²) in [6.45, 7) is 2.14. The van der Waals surface area contributed by atoms with Crippen LogP contribution in [0.15, 0.2) is 30.3 Å². The summed E-state index contributed by atoms with van der Waals surface area (Å²) in [7, 11) is 0. The largest absolute Gasteiger partial charge is 0.494 e. The Morgan fingerprint density at radius 2 is 2.17 bits per heavy atom. The quantitative estimate of drug-likeness (QED) is 0.611. The lowest BCUT2D eigenvalue weighted by atomic mass is 10.2. The number of nitrogens with zero attached hydrogens (tertiary/aromatic N) is 1. The highest BCUT2D eigenvalue weighted by molar-refractivity contribution is 6.29. The Morgan fingerprint density at radius 1 is 1.33 bits per heavy atom. The molecule has 1 aromatic carbocycles. The molecule has 0 aliphatic rings. The Hall–Kier alpha value is -1.61. The Labute approximate surface area is 111 Å². The molecule has 2 aromatic rings. The Balaban J connectivity index is 2.01. The van der Waals surface area contributed by atoms with Gasteiger partial charge < -0.3 is 9.53 Å². The molecule has 0 fully saturated rings. The summed E-state index contributed by atoms with van der Waals surface area (Å²) < 4.78 is 5.58. The molecule has 2 rings (SSSR count). The molecule has 3 nitrogen and oxygen atoms in total. The molecule has 0 aliphatic carbocycles. The second kappa shape index (κ2) is 5.83. The van der Waals surface area contributed by atoms with Crippen molar-refractivity contribution >= 4 is 28.3 Å². The number of aromatic nitrogens is 1. The van der Waals surface area contributed by atoms with Crippen molar-refractivity contribution in [3.63, 3.8) is 0 Å². The lowest BCUT2D eigenvalue weighted by Crippen LogP contribution is -2.00. The zero-order valence-electron chi connectivity index (χ0n) is 10.1. The Bertz CT molecular complexity index is 569. The van der Waals surface area contributed by atoms with Crippen molar-refractivity contribution in [2.75, 3.05) is 6.61 Å². The van der Waals surface area contributed by atoms with Crippen LogP contribution in [0, 0.1) is 0 Å². The van der Waals surface area contributed by atoms with Crippen LogP contribution >= 0.6 is 11.6 Å². The van der Waals surface area contributed by atoms with Gasteiger partial charge >= 0.3 is 0 Å². The maximum absolute atomic E-state index is 10.8. The van der Waals surface area contributed by atoms with Gasteiger partial charge in [0.25, 0.3) is 0 Å². The molecule has 0 bridgehead atoms. The summed E-state index contributed by atoms with van der Waals surface area (Å²) in [5.41, 5.74) is 0.846. The van der Waals surface area contributed by atoms with Crippen molar-refractivity contribution in [3.05, 3.63) is 35.5 Å². The zero-order valence-corrected chi connectivity index (χ0v) is 10.9. The molecule has 0 radical (unpaired) electrons. The average Bonchev–Trinajstić information content (AvgIpc) is 2.34. The smallest absolute Gasteiger partial charge is 0.129 e. The van der Waals surface area contributed by atoms with Crippen LogP contribution in [-0.4, -0.2) is 17.4 Å². The summed E-state index contributed by atoms with van der Waals surface area (Å²) in [5, 5.41) is 1.47. The Morgan fingerprint density at radius 3 is 2.94 bits per heavy atom. The number of hydrogen-bond donors (Lipinski definition) is 0. The first-order valence-corrected chi connectivity index (χ1v) is 6.21. The van der Waals surface area contributed by atoms with Gasteiger partial charge in [-0.15, -0.1) is 0 Å². The van der Waals surface area contributed by atoms with Crippen molar-refractivity contribution in [1.82, 2.24) is 4.98 Å². The first-order valence-electron chi connectivity index (χ1n) is 5.84. The topological polar surface area (TPSA) is 39.2 Å². The van der Waals surface area contributed by atoms with Gasteiger partial charge in [-0.1, -0.05) is 11.6 Å². The van der Waals surface area contributed by atoms with E-state index in [0.29, 0.717) is 18.2 Å². The van der Waals surface area contributed by atoms with Crippen LogP contribution < -0.4 is 4.74 Å². The number of hydrogen-bond acceptors (Lipinski definition) is 3. The third-order valence-corrected chi connectivity index (χ3v) is 2.78. The highest BCUT2D eigenvalue weighted by Crippen LogP contribution is 2.21. The SMILES string of the molecule is CC(=O)CCCOc1ccc2nc(Cl)ccc2c1. The first-order chi connectivity index (χ1) is 8.65. The second-order valence-corrected chi connectivity index (χ2v) is 4.53. The molecule has 0 unspecified atom stereocenters. The van der Waals surface area contributed by atoms with E-state index in [1.165, 1.54) is 0 Å². The minimum Gasteiger partial charge on any atom is -0.494 e. The summed E-state index contributed by atoms with van der Waals surface area (Å²) in [5.74, 6) is 0.978. The van der Waals surface area contributed by atoms with Crippen molar-refractivity contribution in [3.8, 4) is 5.75 Å². The minimum absolute atomic E-state index is 0.191. The predicted octanol–water partition coefficient (Wildman–Crippen LogP) is 3.64. The highest BCUT2D eigenvalue weighted by atomic mass is 35.5. The number of pyridine rings is 1. The maximum Gasteiger partial charge on any atom is 0.129 e. The number of carbonyl (C=O) groups is 1. The van der Waals surface area contributed by atoms with E-state index in [1.807, 2.05) is 24.3 Å². The van der Waals surface area contributed by atoms with E-state index in [-0.39, 0.29) is 5.78 Å². The lowest BCUT2D eigenvalue weighted by molar-refractivity contribution is -0.117. The highest BCUT2D eigenvalue weighted by Gasteiger charge is 2.00. The Kier molecular flexibility index (Phi) is 4.15. The molecule has 18 heavy (non-hydrogen) atoms. The van der Waals surface area contributed by atoms with Crippen LogP contribution in [0.5, 0.6) is 5.75 Å². The number of ether oxygens (including phenoxy) is 1. The molecule has 94 valence electrons. The number of Topliss-reactive ketones (excluding diaryl/α,β-unsaturated/α-hetero) is 1. The molecule has 0 amide bonds. The van der Waals surface area contributed by atoms with Crippen molar-refractivity contribution in [2.24, 2.45) is 0 Å². The number of benzene rings is 1. The molecular formula is C14H14ClNO2. The fourth-order valence-corrected chi connectivity index (χ4v) is 1.83. The third kappa shape index (κ3) is 3.44. The molecule has 0 saturated carbocycles. The molecule has 0 saturated heterocycles. The van der Waals surface area contributed by atoms with E-state index in [2.05, 4.69) is 4.98 Å². The fourth-order valence-electron chi connectivity index (χ4n) is 1.68. The summed E-state index contributed by atoms with van der Waals surface area (Å²) in [6, 6.07) is 9.32. The number of fused-ring (bicyclic) bond motifs is 1. The molecular weight excluding hydrogens is 250 g/mol. The van der Waals surface area contributed by atoms with Gasteiger partial charge in [0.1, 0.15) is 16.7 Å². The van der Waals surface area contributed by atoms with Crippen LogP contribution in [0.2, 0.25) is 5.15 Å². The molecule has 1 aromatic heterocycles. The van der Waals surface area contributed by atoms with Gasteiger partial charge in [0, 0.05) is 11.8 Å². The standard InChI is InChI=1S/C14H14ClNO2/c1-10(17)3-2-8-18-12-5-6-13-11(9-12)4-7-14(15)16-13/h4-7,9H,2-3,8H2,1H3. The van der Waals surface area contributed by atoms with Gasteiger partial charge in [0.05, 0.1) is 12.1 Å². The van der Waals surface area contributed by atoms with Gasteiger partial charge in [-0.2, -0.15) is 0 Å². The normalized spacial score (nSPS) is 10.6. The monoisotopic (exact) mass is 263 g/mol. The molecule has 1 heterocycles. The second-order valence-electron chi connectivity index (χ2n) is 4.14. The molecule has 0 N–H and O–H groups in total. The van der Waals surface area contributed by atoms with Crippen molar-refractivity contribution in [2.45, 2.75) is 19.8 Å². The lowest BCUT2D eigenvalue weighted by Gasteiger charge is -2.06. The van der Waals surface area contributed by atoms with Crippen LogP contribution in [0.4, 0.5) is 0 Å². The van der Waals surface area contributed by atoms with E-state index >= 15 is 0 Å². The summed E-state index contributed by atoms with van der Waals surface area (Å²) in [6.07, 6.45) is 1.30. The van der Waals surface area contributed by atoms with Gasteiger partial charge in [-0.05, 0) is 43.7 Å². The van der Waals surface area contributed by atoms with Crippen molar-refractivity contribution in [1.29, 1.82) is 0 Å². The molecule has 0 spiro atoms. The third-order valence-electron chi connectivity index (χ3n) is 2.57. The van der Waals surface area contributed by atoms with E-state index < -0.39 is 0 Å². The fraction of sp³-hybridized carbons (Fsp3) is 0.286. The van der Waals surface area contributed by atoms with E-state index in [9.17, 15) is 4.79 Å². The zero-order chi connectivity index (χ0) is 13.0. The van der Waals surface area contributed by atoms with Gasteiger partial charge in [-0.3, -0.25) is 0 Å². The molecule has 0 atom stereocenters. The number of halogens is 1. The van der Waals surface area contributed by atoms with E-state index in [1.54, 1.807) is 13.0 Å². The number of rotatable bonds is 5.